The van der Waals surface area contributed by atoms with E-state index in [2.05, 4.69) is 32.7 Å². The van der Waals surface area contributed by atoms with Crippen LogP contribution in [0.1, 0.15) is 29.4 Å². The second-order valence-corrected chi connectivity index (χ2v) is 4.85. The minimum Gasteiger partial charge on any atom is -0.295 e. The fourth-order valence-corrected chi connectivity index (χ4v) is 2.26. The van der Waals surface area contributed by atoms with Crippen molar-refractivity contribution in [3.05, 3.63) is 29.5 Å². The number of fused-ring (bicyclic) bond motifs is 1. The van der Waals surface area contributed by atoms with Gasteiger partial charge < -0.3 is 0 Å². The van der Waals surface area contributed by atoms with E-state index in [0.29, 0.717) is 5.56 Å². The van der Waals surface area contributed by atoms with Gasteiger partial charge in [0.2, 0.25) is 11.9 Å². The van der Waals surface area contributed by atoms with Gasteiger partial charge in [-0.05, 0) is 24.6 Å². The van der Waals surface area contributed by atoms with E-state index in [9.17, 15) is 9.59 Å². The first-order chi connectivity index (χ1) is 10.2. The average molecular weight is 285 g/mol. The van der Waals surface area contributed by atoms with Gasteiger partial charge in [0.25, 0.3) is 5.91 Å². The number of rotatable bonds is 3. The lowest BCUT2D eigenvalue weighted by atomic mass is 10.1. The molecule has 7 heteroatoms. The molecular weight excluding hydrogens is 270 g/mol. The number of nitrogens with zero attached hydrogens (tertiary/aromatic N) is 2. The maximum atomic E-state index is 12.2. The number of hydrogen-bond donors (Lipinski definition) is 3. The minimum atomic E-state index is -0.304. The van der Waals surface area contributed by atoms with Crippen molar-refractivity contribution in [2.75, 3.05) is 6.54 Å². The van der Waals surface area contributed by atoms with Gasteiger partial charge in [0.1, 0.15) is 6.54 Å². The molecule has 3 N–H and O–H groups in total. The summed E-state index contributed by atoms with van der Waals surface area (Å²) in [5.74, 6) is -0.326. The van der Waals surface area contributed by atoms with Crippen molar-refractivity contribution in [1.29, 1.82) is 0 Å². The largest absolute Gasteiger partial charge is 0.295 e. The number of carbonyl (C=O) groups excluding carboxylic acids is 2. The van der Waals surface area contributed by atoms with Crippen molar-refractivity contribution in [3.8, 4) is 0 Å². The van der Waals surface area contributed by atoms with Crippen LogP contribution in [0, 0.1) is 0 Å². The summed E-state index contributed by atoms with van der Waals surface area (Å²) in [6, 6.07) is 5.30. The van der Waals surface area contributed by atoms with E-state index in [0.717, 1.165) is 29.4 Å². The minimum absolute atomic E-state index is 0.0526. The summed E-state index contributed by atoms with van der Waals surface area (Å²) in [6.07, 6.45) is 1.88. The van der Waals surface area contributed by atoms with Crippen molar-refractivity contribution in [2.24, 2.45) is 4.99 Å². The molecule has 2 heterocycles. The zero-order valence-corrected chi connectivity index (χ0v) is 11.6. The molecule has 0 radical (unpaired) electrons. The van der Waals surface area contributed by atoms with Crippen molar-refractivity contribution in [2.45, 2.75) is 19.8 Å². The van der Waals surface area contributed by atoms with E-state index in [-0.39, 0.29) is 24.3 Å². The maximum absolute atomic E-state index is 12.2. The topological polar surface area (TPSA) is 99.2 Å². The number of H-pyrrole nitrogens is 1. The molecule has 0 saturated carbocycles. The van der Waals surface area contributed by atoms with Gasteiger partial charge in [0.15, 0.2) is 0 Å². The highest BCUT2D eigenvalue weighted by molar-refractivity contribution is 6.13. The van der Waals surface area contributed by atoms with Crippen molar-refractivity contribution >= 4 is 28.7 Å². The van der Waals surface area contributed by atoms with Crippen molar-refractivity contribution < 1.29 is 9.59 Å². The molecule has 1 aromatic heterocycles. The highest BCUT2D eigenvalue weighted by Gasteiger charge is 2.17. The van der Waals surface area contributed by atoms with Crippen LogP contribution in [0.5, 0.6) is 0 Å². The third-order valence-corrected chi connectivity index (χ3v) is 3.27. The predicted molar refractivity (Wildman–Crippen MR) is 78.0 cm³/mol. The summed E-state index contributed by atoms with van der Waals surface area (Å²) < 4.78 is 0. The van der Waals surface area contributed by atoms with Gasteiger partial charge in [-0.15, -0.1) is 0 Å². The van der Waals surface area contributed by atoms with Crippen LogP contribution in [0.25, 0.3) is 10.9 Å². The summed E-state index contributed by atoms with van der Waals surface area (Å²) >= 11 is 0. The molecule has 0 spiro atoms. The number of aryl methyl sites for hydroxylation is 1. The molecule has 2 aromatic rings. The number of carbonyl (C=O) groups is 2. The summed E-state index contributed by atoms with van der Waals surface area (Å²) in [5.41, 5.74) is 2.36. The van der Waals surface area contributed by atoms with E-state index in [1.165, 1.54) is 0 Å². The maximum Gasteiger partial charge on any atom is 0.257 e. The summed E-state index contributed by atoms with van der Waals surface area (Å²) in [5, 5.41) is 13.2. The van der Waals surface area contributed by atoms with Gasteiger partial charge in [-0.25, -0.2) is 4.99 Å². The normalized spacial score (nSPS) is 14.1. The molecule has 3 rings (SSSR count). The summed E-state index contributed by atoms with van der Waals surface area (Å²) in [7, 11) is 0. The Balaban J connectivity index is 1.84. The first-order valence-corrected chi connectivity index (χ1v) is 6.80. The Morgan fingerprint density at radius 1 is 1.43 bits per heavy atom. The lowest BCUT2D eigenvalue weighted by Crippen LogP contribution is -2.39. The zero-order valence-electron chi connectivity index (χ0n) is 11.6. The number of aromatic amines is 1. The Morgan fingerprint density at radius 3 is 3.00 bits per heavy atom. The van der Waals surface area contributed by atoms with E-state index < -0.39 is 0 Å². The number of amides is 2. The molecule has 0 unspecified atom stereocenters. The molecule has 108 valence electrons. The Bertz CT molecular complexity index is 747. The monoisotopic (exact) mass is 285 g/mol. The summed E-state index contributed by atoms with van der Waals surface area (Å²) in [6.45, 7) is 2.14. The van der Waals surface area contributed by atoms with Crippen LogP contribution in [-0.4, -0.2) is 34.5 Å². The standard InChI is InChI=1S/C14H15N5O2/c1-2-3-10-9-6-8(4-5-11(9)19-18-10)13(21)17-14-15-7-12(20)16-14/h4-6H,2-3,7H2,1H3,(H,18,19)(H2,15,16,17,20,21). The van der Waals surface area contributed by atoms with Crippen molar-refractivity contribution in [3.63, 3.8) is 0 Å². The van der Waals surface area contributed by atoms with Crippen LogP contribution in [0.4, 0.5) is 0 Å². The van der Waals surface area contributed by atoms with Gasteiger partial charge in [0, 0.05) is 16.6 Å². The highest BCUT2D eigenvalue weighted by atomic mass is 16.2. The van der Waals surface area contributed by atoms with Crippen LogP contribution in [0.15, 0.2) is 23.2 Å². The van der Waals surface area contributed by atoms with Crippen LogP contribution in [0.2, 0.25) is 0 Å². The number of nitrogens with one attached hydrogen (secondary N) is 3. The van der Waals surface area contributed by atoms with E-state index in [1.807, 2.05) is 0 Å². The summed E-state index contributed by atoms with van der Waals surface area (Å²) in [4.78, 5) is 27.1. The lowest BCUT2D eigenvalue weighted by Gasteiger charge is -2.05. The van der Waals surface area contributed by atoms with Gasteiger partial charge in [-0.3, -0.25) is 25.3 Å². The lowest BCUT2D eigenvalue weighted by molar-refractivity contribution is -0.117. The van der Waals surface area contributed by atoms with Crippen LogP contribution >= 0.6 is 0 Å². The number of aliphatic imine (C=N–C) groups is 1. The molecule has 1 aliphatic rings. The third-order valence-electron chi connectivity index (χ3n) is 3.27. The van der Waals surface area contributed by atoms with Crippen LogP contribution in [-0.2, 0) is 11.2 Å². The predicted octanol–water partition coefficient (Wildman–Crippen LogP) is 0.731. The molecular formula is C14H15N5O2. The van der Waals surface area contributed by atoms with E-state index in [4.69, 9.17) is 0 Å². The molecule has 0 aliphatic carbocycles. The second kappa shape index (κ2) is 5.35. The Labute approximate surface area is 120 Å². The SMILES string of the molecule is CCCc1[nH]nc2ccc(C(=O)NC3=NCC(=O)N3)cc12. The smallest absolute Gasteiger partial charge is 0.257 e. The fourth-order valence-electron chi connectivity index (χ4n) is 2.26. The number of benzene rings is 1. The number of hydrogen-bond acceptors (Lipinski definition) is 4. The van der Waals surface area contributed by atoms with E-state index in [1.54, 1.807) is 18.2 Å². The Hall–Kier alpha value is -2.70. The Kier molecular flexibility index (Phi) is 3.39. The molecule has 1 aliphatic heterocycles. The fraction of sp³-hybridized carbons (Fsp3) is 0.286. The first kappa shape index (κ1) is 13.3. The third kappa shape index (κ3) is 2.62. The van der Waals surface area contributed by atoms with Crippen LogP contribution < -0.4 is 10.6 Å². The van der Waals surface area contributed by atoms with Gasteiger partial charge >= 0.3 is 0 Å². The van der Waals surface area contributed by atoms with Gasteiger partial charge in [-0.2, -0.15) is 5.10 Å². The quantitative estimate of drug-likeness (QED) is 0.775. The molecule has 1 aromatic carbocycles. The first-order valence-electron chi connectivity index (χ1n) is 6.80. The van der Waals surface area contributed by atoms with Gasteiger partial charge in [0.05, 0.1) is 5.52 Å². The number of guanidine groups is 1. The molecule has 2 amide bonds. The zero-order chi connectivity index (χ0) is 14.8. The number of aromatic nitrogens is 2. The van der Waals surface area contributed by atoms with Gasteiger partial charge in [-0.1, -0.05) is 13.3 Å². The van der Waals surface area contributed by atoms with Crippen molar-refractivity contribution in [1.82, 2.24) is 20.8 Å². The highest BCUT2D eigenvalue weighted by Crippen LogP contribution is 2.19. The molecule has 0 saturated heterocycles. The van der Waals surface area contributed by atoms with Crippen LogP contribution in [0.3, 0.4) is 0 Å². The molecule has 7 nitrogen and oxygen atoms in total. The molecule has 21 heavy (non-hydrogen) atoms. The molecule has 0 atom stereocenters. The molecule has 0 bridgehead atoms. The van der Waals surface area contributed by atoms with E-state index >= 15 is 0 Å². The second-order valence-electron chi connectivity index (χ2n) is 4.85. The molecule has 0 fully saturated rings. The Morgan fingerprint density at radius 2 is 2.29 bits per heavy atom. The average Bonchev–Trinajstić information content (AvgIpc) is 3.06.